The van der Waals surface area contributed by atoms with Crippen LogP contribution in [-0.2, 0) is 0 Å². The Morgan fingerprint density at radius 2 is 1.93 bits per heavy atom. The van der Waals surface area contributed by atoms with Gasteiger partial charge in [-0.25, -0.2) is 0 Å². The smallest absolute Gasteiger partial charge is 0.0588 e. The highest BCUT2D eigenvalue weighted by Crippen LogP contribution is 2.22. The van der Waals surface area contributed by atoms with Crippen LogP contribution in [0.1, 0.15) is 11.1 Å². The molecule has 2 nitrogen and oxygen atoms in total. The summed E-state index contributed by atoms with van der Waals surface area (Å²) in [7, 11) is 0. The van der Waals surface area contributed by atoms with Gasteiger partial charge in [0.15, 0.2) is 0 Å². The number of hydrogen-bond acceptors (Lipinski definition) is 2. The summed E-state index contributed by atoms with van der Waals surface area (Å²) in [6.07, 6.45) is 3.64. The molecule has 2 heteroatoms. The van der Waals surface area contributed by atoms with Crippen LogP contribution < -0.4 is 0 Å². The highest BCUT2D eigenvalue weighted by Gasteiger charge is 2.04. The van der Waals surface area contributed by atoms with E-state index >= 15 is 0 Å². The maximum atomic E-state index is 3.92. The lowest BCUT2D eigenvalue weighted by molar-refractivity contribution is 1.28. The molecule has 15 heavy (non-hydrogen) atoms. The minimum Gasteiger partial charge on any atom is -0.150 e. The topological polar surface area (TPSA) is 24.7 Å². The Balaban J connectivity index is 2.45. The fourth-order valence-electron chi connectivity index (χ4n) is 1.80. The lowest BCUT2D eigenvalue weighted by Gasteiger charge is -2.04. The predicted molar refractivity (Wildman–Crippen MR) is 63.4 cm³/mol. The van der Waals surface area contributed by atoms with Crippen LogP contribution >= 0.6 is 0 Å². The van der Waals surface area contributed by atoms with Gasteiger partial charge in [-0.1, -0.05) is 36.4 Å². The summed E-state index contributed by atoms with van der Waals surface area (Å²) in [5.74, 6) is 2.77. The molecule has 1 aliphatic rings. The van der Waals surface area contributed by atoms with Crippen LogP contribution in [-0.4, -0.2) is 12.1 Å². The molecular weight excluding hydrogens is 184 g/mol. The Hall–Kier alpha value is -2.18. The van der Waals surface area contributed by atoms with Crippen molar-refractivity contribution in [3.8, 4) is 0 Å². The van der Waals surface area contributed by atoms with Gasteiger partial charge in [-0.05, 0) is 16.3 Å². The van der Waals surface area contributed by atoms with Gasteiger partial charge in [-0.15, -0.1) is 10.2 Å². The first-order chi connectivity index (χ1) is 7.45. The summed E-state index contributed by atoms with van der Waals surface area (Å²) in [6.45, 7) is 0. The molecule has 0 atom stereocenters. The Morgan fingerprint density at radius 1 is 1.00 bits per heavy atom. The molecule has 0 unspecified atom stereocenters. The van der Waals surface area contributed by atoms with Crippen LogP contribution in [0.25, 0.3) is 16.8 Å². The SMILES string of the molecule is C1=Cc2ccc3ccccc3c2C=NN=1. The van der Waals surface area contributed by atoms with E-state index < -0.39 is 0 Å². The van der Waals surface area contributed by atoms with Crippen LogP contribution in [0.2, 0.25) is 0 Å². The van der Waals surface area contributed by atoms with E-state index in [9.17, 15) is 0 Å². The van der Waals surface area contributed by atoms with Crippen molar-refractivity contribution in [2.24, 2.45) is 10.2 Å². The maximum Gasteiger partial charge on any atom is 0.0588 e. The number of hydrogen-bond donors (Lipinski definition) is 0. The van der Waals surface area contributed by atoms with Crippen molar-refractivity contribution in [1.29, 1.82) is 0 Å². The van der Waals surface area contributed by atoms with Crippen LogP contribution in [0.5, 0.6) is 0 Å². The van der Waals surface area contributed by atoms with Gasteiger partial charge in [0.25, 0.3) is 0 Å². The lowest BCUT2D eigenvalue weighted by atomic mass is 10.00. The maximum absolute atomic E-state index is 3.92. The van der Waals surface area contributed by atoms with E-state index in [1.807, 2.05) is 18.2 Å². The van der Waals surface area contributed by atoms with Gasteiger partial charge in [-0.3, -0.25) is 0 Å². The van der Waals surface area contributed by atoms with Crippen molar-refractivity contribution in [3.63, 3.8) is 0 Å². The average Bonchev–Trinajstić information content (AvgIpc) is 2.54. The molecule has 1 aliphatic heterocycles. The molecule has 0 spiro atoms. The fourth-order valence-corrected chi connectivity index (χ4v) is 1.80. The number of fused-ring (bicyclic) bond motifs is 3. The normalized spacial score (nSPS) is 12.8. The predicted octanol–water partition coefficient (Wildman–Crippen LogP) is 2.87. The Morgan fingerprint density at radius 3 is 2.93 bits per heavy atom. The molecule has 0 aliphatic carbocycles. The minimum atomic E-state index is 1.11. The molecule has 3 rings (SSSR count). The number of rotatable bonds is 0. The fraction of sp³-hybridized carbons (Fsp3) is 0. The van der Waals surface area contributed by atoms with E-state index in [0.717, 1.165) is 11.1 Å². The van der Waals surface area contributed by atoms with Gasteiger partial charge < -0.3 is 0 Å². The summed E-state index contributed by atoms with van der Waals surface area (Å²) in [5.41, 5.74) is 2.22. The highest BCUT2D eigenvalue weighted by atomic mass is 15.2. The largest absolute Gasteiger partial charge is 0.150 e. The summed E-state index contributed by atoms with van der Waals surface area (Å²) in [5, 5.41) is 10.1. The Bertz CT molecular complexity index is 617. The zero-order chi connectivity index (χ0) is 10.1. The van der Waals surface area contributed by atoms with Crippen molar-refractivity contribution < 1.29 is 0 Å². The molecule has 0 bridgehead atoms. The zero-order valence-corrected chi connectivity index (χ0v) is 8.01. The van der Waals surface area contributed by atoms with Crippen molar-refractivity contribution in [1.82, 2.24) is 0 Å². The molecule has 0 radical (unpaired) electrons. The Kier molecular flexibility index (Phi) is 1.74. The van der Waals surface area contributed by atoms with Crippen molar-refractivity contribution in [2.45, 2.75) is 0 Å². The second-order valence-electron chi connectivity index (χ2n) is 3.41. The average molecular weight is 192 g/mol. The first-order valence-corrected chi connectivity index (χ1v) is 4.79. The van der Waals surface area contributed by atoms with E-state index in [1.165, 1.54) is 10.8 Å². The van der Waals surface area contributed by atoms with Crippen LogP contribution in [0.15, 0.2) is 46.6 Å². The summed E-state index contributed by atoms with van der Waals surface area (Å²) < 4.78 is 0. The molecule has 0 aromatic heterocycles. The van der Waals surface area contributed by atoms with Crippen molar-refractivity contribution in [3.05, 3.63) is 47.5 Å². The van der Waals surface area contributed by atoms with Gasteiger partial charge in [0.05, 0.1) is 6.21 Å². The van der Waals surface area contributed by atoms with E-state index in [1.54, 1.807) is 6.21 Å². The highest BCUT2D eigenvalue weighted by molar-refractivity contribution is 6.05. The standard InChI is InChI=1S/C13H8N2/c1-2-4-12-10(3-1)5-6-11-7-8-14-15-9-13(11)12/h1-7,9H. The minimum absolute atomic E-state index is 1.11. The van der Waals surface area contributed by atoms with Gasteiger partial charge in [0, 0.05) is 17.5 Å². The van der Waals surface area contributed by atoms with Crippen LogP contribution in [0.4, 0.5) is 0 Å². The quantitative estimate of drug-likeness (QED) is 0.613. The molecule has 2 aromatic carbocycles. The third-order valence-corrected chi connectivity index (χ3v) is 2.53. The summed E-state index contributed by atoms with van der Waals surface area (Å²) in [6, 6.07) is 12.4. The van der Waals surface area contributed by atoms with Crippen molar-refractivity contribution in [2.75, 3.05) is 0 Å². The molecule has 0 saturated carbocycles. The monoisotopic (exact) mass is 192 g/mol. The first kappa shape index (κ1) is 8.16. The van der Waals surface area contributed by atoms with E-state index in [4.69, 9.17) is 0 Å². The van der Waals surface area contributed by atoms with Crippen LogP contribution in [0.3, 0.4) is 0 Å². The van der Waals surface area contributed by atoms with Crippen LogP contribution in [0, 0.1) is 0 Å². The molecule has 2 aromatic rings. The van der Waals surface area contributed by atoms with Gasteiger partial charge >= 0.3 is 0 Å². The van der Waals surface area contributed by atoms with Crippen molar-refractivity contribution >= 4 is 28.9 Å². The molecule has 0 saturated heterocycles. The summed E-state index contributed by atoms with van der Waals surface area (Å²) >= 11 is 0. The second-order valence-corrected chi connectivity index (χ2v) is 3.41. The number of nitrogens with zero attached hydrogens (tertiary/aromatic N) is 2. The van der Waals surface area contributed by atoms with Gasteiger partial charge in [0.2, 0.25) is 0 Å². The second kappa shape index (κ2) is 3.19. The first-order valence-electron chi connectivity index (χ1n) is 4.79. The van der Waals surface area contributed by atoms with E-state index in [-0.39, 0.29) is 0 Å². The number of benzene rings is 2. The molecule has 70 valence electrons. The Labute approximate surface area is 87.3 Å². The zero-order valence-electron chi connectivity index (χ0n) is 8.01. The lowest BCUT2D eigenvalue weighted by Crippen LogP contribution is -1.88. The molecule has 1 heterocycles. The summed E-state index contributed by atoms with van der Waals surface area (Å²) in [4.78, 5) is 0. The van der Waals surface area contributed by atoms with E-state index in [0.29, 0.717) is 0 Å². The third-order valence-electron chi connectivity index (χ3n) is 2.53. The molecule has 0 fully saturated rings. The van der Waals surface area contributed by atoms with Gasteiger partial charge in [-0.2, -0.15) is 0 Å². The van der Waals surface area contributed by atoms with E-state index in [2.05, 4.69) is 40.3 Å². The van der Waals surface area contributed by atoms with Gasteiger partial charge in [0.1, 0.15) is 0 Å². The molecule has 0 N–H and O–H groups in total. The molecular formula is C13H8N2. The molecule has 0 amide bonds. The third kappa shape index (κ3) is 1.28.